The van der Waals surface area contributed by atoms with Crippen molar-refractivity contribution in [3.63, 3.8) is 0 Å². The van der Waals surface area contributed by atoms with Crippen LogP contribution in [0.2, 0.25) is 10.0 Å². The SMILES string of the molecule is Cc1ccccc1C(=O)Nc1cccc(OCC(=O)c2ccc(Cl)cc2Cl)c1. The highest BCUT2D eigenvalue weighted by Crippen LogP contribution is 2.23. The van der Waals surface area contributed by atoms with Gasteiger partial charge in [0.15, 0.2) is 6.61 Å². The van der Waals surface area contributed by atoms with E-state index in [1.165, 1.54) is 6.07 Å². The molecule has 0 unspecified atom stereocenters. The van der Waals surface area contributed by atoms with E-state index < -0.39 is 0 Å². The van der Waals surface area contributed by atoms with Gasteiger partial charge in [0, 0.05) is 27.9 Å². The molecule has 6 heteroatoms. The highest BCUT2D eigenvalue weighted by Gasteiger charge is 2.13. The largest absolute Gasteiger partial charge is 0.485 e. The normalized spacial score (nSPS) is 10.4. The van der Waals surface area contributed by atoms with Gasteiger partial charge >= 0.3 is 0 Å². The van der Waals surface area contributed by atoms with Crippen LogP contribution < -0.4 is 10.1 Å². The van der Waals surface area contributed by atoms with E-state index in [1.807, 2.05) is 25.1 Å². The third kappa shape index (κ3) is 4.91. The molecule has 3 aromatic rings. The molecule has 142 valence electrons. The lowest BCUT2D eigenvalue weighted by molar-refractivity contribution is 0.0921. The monoisotopic (exact) mass is 413 g/mol. The molecule has 1 amide bonds. The molecule has 0 aromatic heterocycles. The molecule has 0 heterocycles. The van der Waals surface area contributed by atoms with Gasteiger partial charge in [0.1, 0.15) is 5.75 Å². The summed E-state index contributed by atoms with van der Waals surface area (Å²) < 4.78 is 5.57. The molecule has 0 fully saturated rings. The van der Waals surface area contributed by atoms with Crippen molar-refractivity contribution in [2.75, 3.05) is 11.9 Å². The summed E-state index contributed by atoms with van der Waals surface area (Å²) in [5, 5.41) is 3.57. The van der Waals surface area contributed by atoms with Crippen LogP contribution in [0.5, 0.6) is 5.75 Å². The number of carbonyl (C=O) groups is 2. The lowest BCUT2D eigenvalue weighted by Gasteiger charge is -2.10. The predicted octanol–water partition coefficient (Wildman–Crippen LogP) is 5.82. The van der Waals surface area contributed by atoms with Gasteiger partial charge in [0.2, 0.25) is 5.78 Å². The number of rotatable bonds is 6. The van der Waals surface area contributed by atoms with Crippen LogP contribution in [0, 0.1) is 6.92 Å². The highest BCUT2D eigenvalue weighted by molar-refractivity contribution is 6.36. The van der Waals surface area contributed by atoms with Crippen molar-refractivity contribution in [1.82, 2.24) is 0 Å². The fraction of sp³-hybridized carbons (Fsp3) is 0.0909. The minimum Gasteiger partial charge on any atom is -0.485 e. The number of benzene rings is 3. The van der Waals surface area contributed by atoms with Crippen molar-refractivity contribution in [3.8, 4) is 5.75 Å². The molecular formula is C22H17Cl2NO3. The molecule has 3 rings (SSSR count). The molecule has 0 bridgehead atoms. The fourth-order valence-corrected chi connectivity index (χ4v) is 3.15. The highest BCUT2D eigenvalue weighted by atomic mass is 35.5. The molecule has 0 atom stereocenters. The van der Waals surface area contributed by atoms with E-state index in [9.17, 15) is 9.59 Å². The summed E-state index contributed by atoms with van der Waals surface area (Å²) in [6.45, 7) is 1.69. The van der Waals surface area contributed by atoms with E-state index in [2.05, 4.69) is 5.32 Å². The second-order valence-corrected chi connectivity index (χ2v) is 6.98. The molecule has 0 aliphatic heterocycles. The average Bonchev–Trinajstić information content (AvgIpc) is 2.66. The van der Waals surface area contributed by atoms with Gasteiger partial charge in [-0.3, -0.25) is 9.59 Å². The van der Waals surface area contributed by atoms with Crippen LogP contribution in [0.4, 0.5) is 5.69 Å². The van der Waals surface area contributed by atoms with Gasteiger partial charge in [-0.2, -0.15) is 0 Å². The summed E-state index contributed by atoms with van der Waals surface area (Å²) in [6, 6.07) is 18.9. The van der Waals surface area contributed by atoms with E-state index in [-0.39, 0.29) is 23.3 Å². The quantitative estimate of drug-likeness (QED) is 0.518. The zero-order valence-corrected chi connectivity index (χ0v) is 16.6. The molecule has 0 saturated carbocycles. The molecule has 28 heavy (non-hydrogen) atoms. The smallest absolute Gasteiger partial charge is 0.255 e. The zero-order chi connectivity index (χ0) is 20.1. The average molecular weight is 414 g/mol. The second kappa shape index (κ2) is 8.91. The lowest BCUT2D eigenvalue weighted by Crippen LogP contribution is -2.14. The summed E-state index contributed by atoms with van der Waals surface area (Å²) in [6.07, 6.45) is 0. The predicted molar refractivity (Wildman–Crippen MR) is 112 cm³/mol. The van der Waals surface area contributed by atoms with Crippen molar-refractivity contribution < 1.29 is 14.3 Å². The molecule has 0 spiro atoms. The number of hydrogen-bond acceptors (Lipinski definition) is 3. The van der Waals surface area contributed by atoms with E-state index in [0.717, 1.165) is 5.56 Å². The first-order valence-corrected chi connectivity index (χ1v) is 9.28. The molecule has 0 saturated heterocycles. The Kier molecular flexibility index (Phi) is 6.34. The van der Waals surface area contributed by atoms with Crippen LogP contribution in [0.15, 0.2) is 66.7 Å². The minimum absolute atomic E-state index is 0.184. The number of halogens is 2. The van der Waals surface area contributed by atoms with Crippen LogP contribution in [0.1, 0.15) is 26.3 Å². The number of aryl methyl sites for hydroxylation is 1. The van der Waals surface area contributed by atoms with Gasteiger partial charge in [0.25, 0.3) is 5.91 Å². The van der Waals surface area contributed by atoms with Crippen molar-refractivity contribution in [2.45, 2.75) is 6.92 Å². The van der Waals surface area contributed by atoms with Crippen molar-refractivity contribution in [3.05, 3.63) is 93.5 Å². The molecule has 1 N–H and O–H groups in total. The lowest BCUT2D eigenvalue weighted by atomic mass is 10.1. The van der Waals surface area contributed by atoms with Gasteiger partial charge < -0.3 is 10.1 Å². The van der Waals surface area contributed by atoms with Gasteiger partial charge in [0.05, 0.1) is 5.02 Å². The Morgan fingerprint density at radius 2 is 1.71 bits per heavy atom. The number of amides is 1. The first kappa shape index (κ1) is 19.9. The number of ketones is 1. The molecule has 3 aromatic carbocycles. The molecule has 0 aliphatic carbocycles. The summed E-state index contributed by atoms with van der Waals surface area (Å²) in [7, 11) is 0. The number of ether oxygens (including phenoxy) is 1. The van der Waals surface area contributed by atoms with Crippen molar-refractivity contribution in [1.29, 1.82) is 0 Å². The minimum atomic E-state index is -0.268. The molecule has 0 radical (unpaired) electrons. The van der Waals surface area contributed by atoms with Crippen LogP contribution in [0.25, 0.3) is 0 Å². The number of nitrogens with one attached hydrogen (secondary N) is 1. The maximum absolute atomic E-state index is 12.4. The Hall–Kier alpha value is -2.82. The zero-order valence-electron chi connectivity index (χ0n) is 15.0. The van der Waals surface area contributed by atoms with Gasteiger partial charge in [-0.15, -0.1) is 0 Å². The van der Waals surface area contributed by atoms with Gasteiger partial charge in [-0.25, -0.2) is 0 Å². The Labute approximate surface area is 173 Å². The maximum atomic E-state index is 12.4. The van der Waals surface area contributed by atoms with E-state index >= 15 is 0 Å². The second-order valence-electron chi connectivity index (χ2n) is 6.13. The van der Waals surface area contributed by atoms with Crippen LogP contribution >= 0.6 is 23.2 Å². The first-order valence-electron chi connectivity index (χ1n) is 8.52. The number of Topliss-reactive ketones (excluding diaryl/α,β-unsaturated/α-hetero) is 1. The maximum Gasteiger partial charge on any atom is 0.255 e. The van der Waals surface area contributed by atoms with Crippen LogP contribution in [0.3, 0.4) is 0 Å². The molecule has 4 nitrogen and oxygen atoms in total. The van der Waals surface area contributed by atoms with Crippen molar-refractivity contribution >= 4 is 40.6 Å². The van der Waals surface area contributed by atoms with Gasteiger partial charge in [-0.1, -0.05) is 47.5 Å². The summed E-state index contributed by atoms with van der Waals surface area (Å²) in [5.74, 6) is -0.0173. The summed E-state index contributed by atoms with van der Waals surface area (Å²) in [4.78, 5) is 24.7. The Morgan fingerprint density at radius 1 is 0.929 bits per heavy atom. The third-order valence-corrected chi connectivity index (χ3v) is 4.63. The van der Waals surface area contributed by atoms with Crippen LogP contribution in [-0.2, 0) is 0 Å². The summed E-state index contributed by atoms with van der Waals surface area (Å²) in [5.41, 5.74) is 2.40. The Morgan fingerprint density at radius 3 is 2.46 bits per heavy atom. The van der Waals surface area contributed by atoms with Gasteiger partial charge in [-0.05, 0) is 48.9 Å². The molecular weight excluding hydrogens is 397 g/mol. The standard InChI is InChI=1S/C22H17Cl2NO3/c1-14-5-2-3-8-18(14)22(27)25-16-6-4-7-17(12-16)28-13-21(26)19-10-9-15(23)11-20(19)24/h2-12H,13H2,1H3,(H,25,27). The number of carbonyl (C=O) groups excluding carboxylic acids is 2. The Bertz CT molecular complexity index is 1030. The number of hydrogen-bond donors (Lipinski definition) is 1. The fourth-order valence-electron chi connectivity index (χ4n) is 2.63. The first-order chi connectivity index (χ1) is 13.4. The van der Waals surface area contributed by atoms with E-state index in [4.69, 9.17) is 27.9 Å². The Balaban J connectivity index is 1.66. The van der Waals surface area contributed by atoms with Crippen molar-refractivity contribution in [2.24, 2.45) is 0 Å². The van der Waals surface area contributed by atoms with E-state index in [0.29, 0.717) is 27.6 Å². The summed E-state index contributed by atoms with van der Waals surface area (Å²) >= 11 is 11.9. The number of anilines is 1. The van der Waals surface area contributed by atoms with E-state index in [1.54, 1.807) is 42.5 Å². The molecule has 0 aliphatic rings. The topological polar surface area (TPSA) is 55.4 Å². The third-order valence-electron chi connectivity index (χ3n) is 4.08. The van der Waals surface area contributed by atoms with Crippen LogP contribution in [-0.4, -0.2) is 18.3 Å².